The van der Waals surface area contributed by atoms with Gasteiger partial charge in [-0.15, -0.1) is 0 Å². The molecule has 0 aliphatic heterocycles. The van der Waals surface area contributed by atoms with Gasteiger partial charge in [0.1, 0.15) is 0 Å². The maximum atomic E-state index is 12.5. The Labute approximate surface area is 115 Å². The van der Waals surface area contributed by atoms with Gasteiger partial charge in [-0.3, -0.25) is 4.79 Å². The Bertz CT molecular complexity index is 466. The van der Waals surface area contributed by atoms with Gasteiger partial charge >= 0.3 is 0 Å². The second-order valence-electron chi connectivity index (χ2n) is 6.03. The lowest BCUT2D eigenvalue weighted by Gasteiger charge is -2.33. The molecule has 0 fully saturated rings. The molecule has 2 unspecified atom stereocenters. The quantitative estimate of drug-likeness (QED) is 0.877. The van der Waals surface area contributed by atoms with E-state index < -0.39 is 11.6 Å². The Balaban J connectivity index is 2.18. The minimum Gasteiger partial charge on any atom is -0.391 e. The van der Waals surface area contributed by atoms with Gasteiger partial charge in [-0.1, -0.05) is 24.3 Å². The molecule has 3 heteroatoms. The second-order valence-corrected chi connectivity index (χ2v) is 6.03. The first kappa shape index (κ1) is 14.1. The molecule has 0 aromatic heterocycles. The minimum atomic E-state index is -0.594. The fourth-order valence-corrected chi connectivity index (χ4v) is 2.54. The van der Waals surface area contributed by atoms with Gasteiger partial charge in [0.05, 0.1) is 17.6 Å². The van der Waals surface area contributed by atoms with Gasteiger partial charge < -0.3 is 10.4 Å². The SMILES string of the molecule is CC(O)C(C)(C)NC(=O)C1CCCc2ccccc21. The fraction of sp³-hybridized carbons (Fsp3) is 0.562. The molecular weight excluding hydrogens is 238 g/mol. The summed E-state index contributed by atoms with van der Waals surface area (Å²) in [6.45, 7) is 5.41. The monoisotopic (exact) mass is 261 g/mol. The number of carbonyl (C=O) groups is 1. The van der Waals surface area contributed by atoms with Crippen molar-refractivity contribution in [3.8, 4) is 0 Å². The zero-order chi connectivity index (χ0) is 14.0. The number of aliphatic hydroxyl groups is 1. The van der Waals surface area contributed by atoms with Crippen LogP contribution in [0.25, 0.3) is 0 Å². The molecule has 0 saturated carbocycles. The predicted molar refractivity (Wildman–Crippen MR) is 76.0 cm³/mol. The van der Waals surface area contributed by atoms with Crippen LogP contribution in [0, 0.1) is 0 Å². The third-order valence-electron chi connectivity index (χ3n) is 4.18. The molecule has 1 aliphatic rings. The van der Waals surface area contributed by atoms with E-state index in [0.717, 1.165) is 24.8 Å². The summed E-state index contributed by atoms with van der Waals surface area (Å²) in [5.41, 5.74) is 1.83. The molecule has 1 aromatic rings. The van der Waals surface area contributed by atoms with Crippen molar-refractivity contribution in [2.75, 3.05) is 0 Å². The summed E-state index contributed by atoms with van der Waals surface area (Å²) >= 11 is 0. The van der Waals surface area contributed by atoms with E-state index in [0.29, 0.717) is 0 Å². The van der Waals surface area contributed by atoms with Crippen LogP contribution in [-0.2, 0) is 11.2 Å². The number of aryl methyl sites for hydroxylation is 1. The van der Waals surface area contributed by atoms with E-state index in [4.69, 9.17) is 0 Å². The molecular formula is C16H23NO2. The first-order valence-electron chi connectivity index (χ1n) is 6.99. The number of amides is 1. The molecule has 0 spiro atoms. The number of fused-ring (bicyclic) bond motifs is 1. The molecule has 104 valence electrons. The maximum Gasteiger partial charge on any atom is 0.228 e. The zero-order valence-corrected chi connectivity index (χ0v) is 11.9. The molecule has 2 N–H and O–H groups in total. The van der Waals surface area contributed by atoms with Crippen LogP contribution in [0.3, 0.4) is 0 Å². The summed E-state index contributed by atoms with van der Waals surface area (Å²) < 4.78 is 0. The van der Waals surface area contributed by atoms with Crippen LogP contribution in [0.4, 0.5) is 0 Å². The van der Waals surface area contributed by atoms with Gasteiger partial charge in [0.25, 0.3) is 0 Å². The minimum absolute atomic E-state index is 0.0260. The van der Waals surface area contributed by atoms with Crippen molar-refractivity contribution < 1.29 is 9.90 Å². The van der Waals surface area contributed by atoms with Gasteiger partial charge in [-0.2, -0.15) is 0 Å². The highest BCUT2D eigenvalue weighted by Crippen LogP contribution is 2.32. The number of carbonyl (C=O) groups excluding carboxylic acids is 1. The van der Waals surface area contributed by atoms with Crippen LogP contribution in [-0.4, -0.2) is 22.7 Å². The van der Waals surface area contributed by atoms with Gasteiger partial charge in [-0.25, -0.2) is 0 Å². The lowest BCUT2D eigenvalue weighted by molar-refractivity contribution is -0.125. The van der Waals surface area contributed by atoms with Crippen molar-refractivity contribution >= 4 is 5.91 Å². The summed E-state index contributed by atoms with van der Waals surface area (Å²) in [6.07, 6.45) is 2.41. The fourth-order valence-electron chi connectivity index (χ4n) is 2.54. The van der Waals surface area contributed by atoms with Gasteiger partial charge in [0.15, 0.2) is 0 Å². The van der Waals surface area contributed by atoms with E-state index in [1.165, 1.54) is 5.56 Å². The normalized spacial score (nSPS) is 20.5. The third kappa shape index (κ3) is 2.98. The number of nitrogens with one attached hydrogen (secondary N) is 1. The topological polar surface area (TPSA) is 49.3 Å². The van der Waals surface area contributed by atoms with Crippen LogP contribution in [0.2, 0.25) is 0 Å². The van der Waals surface area contributed by atoms with Crippen LogP contribution in [0.5, 0.6) is 0 Å². The largest absolute Gasteiger partial charge is 0.391 e. The Morgan fingerprint density at radius 2 is 2.11 bits per heavy atom. The third-order valence-corrected chi connectivity index (χ3v) is 4.18. The first-order chi connectivity index (χ1) is 8.92. The molecule has 1 aromatic carbocycles. The predicted octanol–water partition coefficient (Wildman–Crippen LogP) is 2.38. The van der Waals surface area contributed by atoms with E-state index in [2.05, 4.69) is 11.4 Å². The van der Waals surface area contributed by atoms with E-state index in [1.807, 2.05) is 32.0 Å². The number of benzene rings is 1. The molecule has 0 saturated heterocycles. The highest BCUT2D eigenvalue weighted by Gasteiger charge is 2.32. The number of hydrogen-bond acceptors (Lipinski definition) is 2. The zero-order valence-electron chi connectivity index (χ0n) is 11.9. The van der Waals surface area contributed by atoms with Crippen molar-refractivity contribution in [3.05, 3.63) is 35.4 Å². The van der Waals surface area contributed by atoms with Crippen LogP contribution in [0.1, 0.15) is 50.7 Å². The van der Waals surface area contributed by atoms with E-state index in [-0.39, 0.29) is 11.8 Å². The van der Waals surface area contributed by atoms with Crippen LogP contribution >= 0.6 is 0 Å². The van der Waals surface area contributed by atoms with E-state index >= 15 is 0 Å². The lowest BCUT2D eigenvalue weighted by Crippen LogP contribution is -2.52. The van der Waals surface area contributed by atoms with Gasteiger partial charge in [-0.05, 0) is 51.2 Å². The number of hydrogen-bond donors (Lipinski definition) is 2. The summed E-state index contributed by atoms with van der Waals surface area (Å²) in [5.74, 6) is -0.0546. The molecule has 3 nitrogen and oxygen atoms in total. The molecule has 1 amide bonds. The Hall–Kier alpha value is -1.35. The first-order valence-corrected chi connectivity index (χ1v) is 6.99. The average molecular weight is 261 g/mol. The standard InChI is InChI=1S/C16H23NO2/c1-11(18)16(2,3)17-15(19)14-10-6-8-12-7-4-5-9-13(12)14/h4-5,7,9,11,14,18H,6,8,10H2,1-3H3,(H,17,19). The Morgan fingerprint density at radius 1 is 1.42 bits per heavy atom. The van der Waals surface area contributed by atoms with Crippen molar-refractivity contribution in [2.24, 2.45) is 0 Å². The molecule has 19 heavy (non-hydrogen) atoms. The van der Waals surface area contributed by atoms with Gasteiger partial charge in [0, 0.05) is 0 Å². The smallest absolute Gasteiger partial charge is 0.228 e. The molecule has 2 atom stereocenters. The highest BCUT2D eigenvalue weighted by atomic mass is 16.3. The second kappa shape index (κ2) is 5.33. The highest BCUT2D eigenvalue weighted by molar-refractivity contribution is 5.85. The maximum absolute atomic E-state index is 12.5. The molecule has 1 aliphatic carbocycles. The van der Waals surface area contributed by atoms with Gasteiger partial charge in [0.2, 0.25) is 5.91 Å². The summed E-state index contributed by atoms with van der Waals surface area (Å²) in [6, 6.07) is 8.17. The summed E-state index contributed by atoms with van der Waals surface area (Å²) in [7, 11) is 0. The van der Waals surface area contributed by atoms with E-state index in [1.54, 1.807) is 6.92 Å². The van der Waals surface area contributed by atoms with Crippen molar-refractivity contribution in [2.45, 2.75) is 57.6 Å². The lowest BCUT2D eigenvalue weighted by atomic mass is 9.81. The molecule has 2 rings (SSSR count). The summed E-state index contributed by atoms with van der Waals surface area (Å²) in [4.78, 5) is 12.5. The Morgan fingerprint density at radius 3 is 2.79 bits per heavy atom. The molecule has 0 radical (unpaired) electrons. The van der Waals surface area contributed by atoms with Crippen molar-refractivity contribution in [1.82, 2.24) is 5.32 Å². The Kier molecular flexibility index (Phi) is 3.95. The average Bonchev–Trinajstić information content (AvgIpc) is 2.37. The van der Waals surface area contributed by atoms with Crippen LogP contribution in [0.15, 0.2) is 24.3 Å². The van der Waals surface area contributed by atoms with Crippen LogP contribution < -0.4 is 5.32 Å². The number of rotatable bonds is 3. The number of aliphatic hydroxyl groups excluding tert-OH is 1. The summed E-state index contributed by atoms with van der Waals surface area (Å²) in [5, 5.41) is 12.7. The van der Waals surface area contributed by atoms with E-state index in [9.17, 15) is 9.90 Å². The molecule has 0 bridgehead atoms. The van der Waals surface area contributed by atoms with Crippen molar-refractivity contribution in [1.29, 1.82) is 0 Å². The van der Waals surface area contributed by atoms with Crippen molar-refractivity contribution in [3.63, 3.8) is 0 Å². The molecule has 0 heterocycles.